The number of ketones is 3. The molecule has 3 rings (SSSR count). The summed E-state index contributed by atoms with van der Waals surface area (Å²) in [5, 5.41) is 21.8. The number of aliphatic hydroxyl groups excluding tert-OH is 1. The SMILES string of the molecule is C=C(C)CC[C@@H]1C[C@]2(C[C@H](CC=C(C)C)C(=C)C)C(=O)C(=C(O)c3cccc(O)c3)C(=O)[C@@](CCC(=C)C)(C2=O)C1(C)C. The van der Waals surface area contributed by atoms with Crippen LogP contribution in [0.2, 0.25) is 0 Å². The molecule has 5 heteroatoms. The summed E-state index contributed by atoms with van der Waals surface area (Å²) in [6, 6.07) is 5.88. The Labute approximate surface area is 258 Å². The van der Waals surface area contributed by atoms with Gasteiger partial charge in [-0.2, -0.15) is 0 Å². The molecule has 0 heterocycles. The van der Waals surface area contributed by atoms with Gasteiger partial charge in [-0.1, -0.05) is 60.9 Å². The highest BCUT2D eigenvalue weighted by molar-refractivity contribution is 6.41. The molecule has 4 atom stereocenters. The second-order valence-electron chi connectivity index (χ2n) is 14.1. The van der Waals surface area contributed by atoms with Crippen molar-refractivity contribution in [3.63, 3.8) is 0 Å². The number of phenolic OH excluding ortho intramolecular Hbond substituents is 1. The van der Waals surface area contributed by atoms with Crippen LogP contribution in [0.1, 0.15) is 99.0 Å². The third kappa shape index (κ3) is 6.14. The molecule has 1 aromatic rings. The Morgan fingerprint density at radius 1 is 1.00 bits per heavy atom. The van der Waals surface area contributed by atoms with E-state index in [1.54, 1.807) is 12.1 Å². The van der Waals surface area contributed by atoms with E-state index in [1.165, 1.54) is 12.1 Å². The molecule has 232 valence electrons. The Kier molecular flexibility index (Phi) is 10.0. The summed E-state index contributed by atoms with van der Waals surface area (Å²) >= 11 is 0. The number of hydrogen-bond donors (Lipinski definition) is 2. The van der Waals surface area contributed by atoms with Gasteiger partial charge in [0.05, 0.1) is 10.8 Å². The number of aliphatic hydroxyl groups is 1. The predicted molar refractivity (Wildman–Crippen MR) is 174 cm³/mol. The van der Waals surface area contributed by atoms with Crippen LogP contribution in [0.4, 0.5) is 0 Å². The average Bonchev–Trinajstić information content (AvgIpc) is 2.90. The number of carbonyl (C=O) groups is 3. The summed E-state index contributed by atoms with van der Waals surface area (Å²) in [7, 11) is 0. The van der Waals surface area contributed by atoms with Crippen LogP contribution in [-0.2, 0) is 14.4 Å². The van der Waals surface area contributed by atoms with Gasteiger partial charge < -0.3 is 10.2 Å². The lowest BCUT2D eigenvalue weighted by Gasteiger charge is -2.61. The first-order valence-corrected chi connectivity index (χ1v) is 15.4. The zero-order valence-corrected chi connectivity index (χ0v) is 27.2. The molecule has 5 nitrogen and oxygen atoms in total. The summed E-state index contributed by atoms with van der Waals surface area (Å²) in [6.07, 6.45) is 5.25. The van der Waals surface area contributed by atoms with Crippen molar-refractivity contribution >= 4 is 23.1 Å². The Morgan fingerprint density at radius 2 is 1.63 bits per heavy atom. The lowest BCUT2D eigenvalue weighted by Crippen LogP contribution is -2.70. The van der Waals surface area contributed by atoms with E-state index in [-0.39, 0.29) is 53.8 Å². The number of aromatic hydroxyl groups is 1. The van der Waals surface area contributed by atoms with Crippen LogP contribution in [0.5, 0.6) is 5.75 Å². The molecule has 1 aromatic carbocycles. The minimum absolute atomic E-state index is 0.104. The number of fused-ring (bicyclic) bond motifs is 2. The molecule has 0 unspecified atom stereocenters. The van der Waals surface area contributed by atoms with Crippen LogP contribution in [0.25, 0.3) is 5.76 Å². The highest BCUT2D eigenvalue weighted by atomic mass is 16.3. The van der Waals surface area contributed by atoms with Gasteiger partial charge in [0.25, 0.3) is 0 Å². The third-order valence-electron chi connectivity index (χ3n) is 10.1. The van der Waals surface area contributed by atoms with E-state index in [4.69, 9.17) is 0 Å². The Bertz CT molecular complexity index is 1420. The molecular formula is C38H50O5. The van der Waals surface area contributed by atoms with Gasteiger partial charge in [0.15, 0.2) is 17.3 Å². The maximum absolute atomic E-state index is 15.2. The maximum Gasteiger partial charge on any atom is 0.184 e. The average molecular weight is 587 g/mol. The molecule has 2 bridgehead atoms. The Hall–Kier alpha value is -3.47. The van der Waals surface area contributed by atoms with Crippen molar-refractivity contribution in [1.82, 2.24) is 0 Å². The van der Waals surface area contributed by atoms with Crippen molar-refractivity contribution < 1.29 is 24.6 Å². The van der Waals surface area contributed by atoms with Gasteiger partial charge in [-0.05, 0) is 109 Å². The number of rotatable bonds is 12. The molecule has 0 saturated heterocycles. The van der Waals surface area contributed by atoms with Gasteiger partial charge in [-0.25, -0.2) is 0 Å². The lowest BCUT2D eigenvalue weighted by molar-refractivity contribution is -0.179. The highest BCUT2D eigenvalue weighted by Crippen LogP contribution is 2.66. The molecule has 2 fully saturated rings. The molecule has 0 amide bonds. The number of phenols is 1. The molecule has 2 N–H and O–H groups in total. The third-order valence-corrected chi connectivity index (χ3v) is 10.1. The van der Waals surface area contributed by atoms with E-state index in [1.807, 2.05) is 48.5 Å². The summed E-state index contributed by atoms with van der Waals surface area (Å²) in [6.45, 7) is 26.1. The van der Waals surface area contributed by atoms with Gasteiger partial charge in [-0.3, -0.25) is 14.4 Å². The van der Waals surface area contributed by atoms with Crippen molar-refractivity contribution in [2.24, 2.45) is 28.1 Å². The number of Topliss-reactive ketones (excluding diaryl/α,β-unsaturated/α-hetero) is 3. The molecule has 0 spiro atoms. The van der Waals surface area contributed by atoms with Gasteiger partial charge >= 0.3 is 0 Å². The fraction of sp³-hybridized carbons (Fsp3) is 0.500. The van der Waals surface area contributed by atoms with E-state index in [0.29, 0.717) is 19.3 Å². The molecule has 0 aliphatic heterocycles. The molecule has 43 heavy (non-hydrogen) atoms. The molecular weight excluding hydrogens is 536 g/mol. The van der Waals surface area contributed by atoms with E-state index < -0.39 is 33.6 Å². The smallest absolute Gasteiger partial charge is 0.184 e. The number of hydrogen-bond acceptors (Lipinski definition) is 5. The van der Waals surface area contributed by atoms with Crippen molar-refractivity contribution in [1.29, 1.82) is 0 Å². The topological polar surface area (TPSA) is 91.7 Å². The van der Waals surface area contributed by atoms with Gasteiger partial charge in [0, 0.05) is 5.56 Å². The summed E-state index contributed by atoms with van der Waals surface area (Å²) in [5.41, 5.74) is -0.224. The predicted octanol–water partition coefficient (Wildman–Crippen LogP) is 9.05. The Balaban J connectivity index is 2.42. The summed E-state index contributed by atoms with van der Waals surface area (Å²) < 4.78 is 0. The lowest BCUT2D eigenvalue weighted by atomic mass is 9.38. The first-order valence-electron chi connectivity index (χ1n) is 15.4. The fourth-order valence-corrected chi connectivity index (χ4v) is 7.34. The first-order chi connectivity index (χ1) is 19.9. The van der Waals surface area contributed by atoms with Crippen molar-refractivity contribution in [3.8, 4) is 5.75 Å². The molecule has 0 aromatic heterocycles. The number of carbonyl (C=O) groups excluding carboxylic acids is 3. The fourth-order valence-electron chi connectivity index (χ4n) is 7.34. The van der Waals surface area contributed by atoms with Crippen molar-refractivity contribution in [2.45, 2.75) is 93.4 Å². The summed E-state index contributed by atoms with van der Waals surface area (Å²) in [4.78, 5) is 44.9. The largest absolute Gasteiger partial charge is 0.508 e. The van der Waals surface area contributed by atoms with E-state index in [2.05, 4.69) is 25.8 Å². The first kappa shape index (κ1) is 34.0. The quantitative estimate of drug-likeness (QED) is 0.0838. The van der Waals surface area contributed by atoms with Gasteiger partial charge in [0.2, 0.25) is 0 Å². The summed E-state index contributed by atoms with van der Waals surface area (Å²) in [5.74, 6) is -2.47. The monoisotopic (exact) mass is 586 g/mol. The minimum atomic E-state index is -1.55. The van der Waals surface area contributed by atoms with Crippen LogP contribution < -0.4 is 0 Å². The second kappa shape index (κ2) is 12.6. The highest BCUT2D eigenvalue weighted by Gasteiger charge is 2.74. The zero-order valence-electron chi connectivity index (χ0n) is 27.2. The molecule has 2 aliphatic carbocycles. The van der Waals surface area contributed by atoms with Gasteiger partial charge in [0.1, 0.15) is 17.1 Å². The molecule has 0 radical (unpaired) electrons. The van der Waals surface area contributed by atoms with Crippen LogP contribution in [-0.4, -0.2) is 27.6 Å². The molecule has 2 aliphatic rings. The van der Waals surface area contributed by atoms with E-state index in [9.17, 15) is 19.8 Å². The van der Waals surface area contributed by atoms with E-state index in [0.717, 1.165) is 28.7 Å². The standard InChI is InChI=1S/C38H50O5/c1-23(2)14-16-28(26(7)8)21-37-22-29(17-15-24(3)4)36(9,10)38(35(37)43,19-18-25(5)6)34(42)31(33(37)41)32(40)27-12-11-13-30(39)20-27/h11-14,20,28-29,39-40H,3,5,7,15-19,21-22H2,1-2,4,6,8-10H3/t28-,29+,37+,38-/m0/s1. The minimum Gasteiger partial charge on any atom is -0.508 e. The van der Waals surface area contributed by atoms with Crippen LogP contribution >= 0.6 is 0 Å². The van der Waals surface area contributed by atoms with Gasteiger partial charge in [-0.15, -0.1) is 13.2 Å². The van der Waals surface area contributed by atoms with Crippen LogP contribution in [0, 0.1) is 28.1 Å². The zero-order chi connectivity index (χ0) is 32.5. The number of allylic oxidation sites excluding steroid dienone is 6. The Morgan fingerprint density at radius 3 is 2.16 bits per heavy atom. The van der Waals surface area contributed by atoms with Crippen LogP contribution in [0.15, 0.2) is 77.9 Å². The second-order valence-corrected chi connectivity index (χ2v) is 14.1. The van der Waals surface area contributed by atoms with Crippen molar-refractivity contribution in [2.75, 3.05) is 0 Å². The maximum atomic E-state index is 15.2. The van der Waals surface area contributed by atoms with Crippen LogP contribution in [0.3, 0.4) is 0 Å². The van der Waals surface area contributed by atoms with Crippen molar-refractivity contribution in [3.05, 3.63) is 83.5 Å². The normalized spacial score (nSPS) is 26.5. The van der Waals surface area contributed by atoms with E-state index >= 15 is 4.79 Å². The number of benzene rings is 1. The molecule has 2 saturated carbocycles.